The molecule has 1 saturated heterocycles. The molecule has 2 rings (SSSR count). The molecule has 0 unspecified atom stereocenters. The van der Waals surface area contributed by atoms with Gasteiger partial charge in [-0.25, -0.2) is 0 Å². The van der Waals surface area contributed by atoms with Crippen LogP contribution in [0.3, 0.4) is 0 Å². The molecule has 0 bridgehead atoms. The van der Waals surface area contributed by atoms with E-state index in [9.17, 15) is 5.11 Å². The van der Waals surface area contributed by atoms with E-state index in [1.807, 2.05) is 25.1 Å². The third kappa shape index (κ3) is 4.11. The Labute approximate surface area is 115 Å². The molecule has 0 spiro atoms. The zero-order valence-corrected chi connectivity index (χ0v) is 11.6. The molecule has 0 aliphatic carbocycles. The van der Waals surface area contributed by atoms with Crippen molar-refractivity contribution in [3.05, 3.63) is 23.8 Å². The zero-order chi connectivity index (χ0) is 13.5. The fourth-order valence-electron chi connectivity index (χ4n) is 2.46. The molecular formula is C15H24N2O2. The van der Waals surface area contributed by atoms with Crippen LogP contribution < -0.4 is 15.4 Å². The minimum atomic E-state index is 0.0121. The highest BCUT2D eigenvalue weighted by atomic mass is 16.5. The van der Waals surface area contributed by atoms with Crippen LogP contribution in [0.1, 0.15) is 25.3 Å². The SMILES string of the molecule is CCOc1ccc(NCC2CCNCC2)cc1CO. The highest BCUT2D eigenvalue weighted by Crippen LogP contribution is 2.23. The van der Waals surface area contributed by atoms with Crippen LogP contribution in [0.25, 0.3) is 0 Å². The summed E-state index contributed by atoms with van der Waals surface area (Å²) >= 11 is 0. The zero-order valence-electron chi connectivity index (χ0n) is 11.6. The molecule has 0 radical (unpaired) electrons. The van der Waals surface area contributed by atoms with Gasteiger partial charge in [0.25, 0.3) is 0 Å². The molecule has 1 aliphatic heterocycles. The molecule has 1 aliphatic rings. The van der Waals surface area contributed by atoms with Gasteiger partial charge in [-0.2, -0.15) is 0 Å². The first-order valence-corrected chi connectivity index (χ1v) is 7.14. The molecule has 4 nitrogen and oxygen atoms in total. The topological polar surface area (TPSA) is 53.5 Å². The smallest absolute Gasteiger partial charge is 0.124 e. The van der Waals surface area contributed by atoms with Crippen LogP contribution in [0, 0.1) is 5.92 Å². The summed E-state index contributed by atoms with van der Waals surface area (Å²) in [4.78, 5) is 0. The number of hydrogen-bond donors (Lipinski definition) is 3. The number of benzene rings is 1. The quantitative estimate of drug-likeness (QED) is 0.735. The van der Waals surface area contributed by atoms with E-state index in [1.165, 1.54) is 12.8 Å². The Morgan fingerprint density at radius 3 is 2.84 bits per heavy atom. The molecule has 4 heteroatoms. The predicted molar refractivity (Wildman–Crippen MR) is 77.6 cm³/mol. The molecule has 1 aromatic rings. The average molecular weight is 264 g/mol. The minimum absolute atomic E-state index is 0.0121. The van der Waals surface area contributed by atoms with Gasteiger partial charge in [0.2, 0.25) is 0 Å². The second-order valence-electron chi connectivity index (χ2n) is 4.99. The molecule has 0 amide bonds. The summed E-state index contributed by atoms with van der Waals surface area (Å²) < 4.78 is 5.48. The van der Waals surface area contributed by atoms with E-state index in [2.05, 4.69) is 10.6 Å². The standard InChI is InChI=1S/C15H24N2O2/c1-2-19-15-4-3-14(9-13(15)11-18)17-10-12-5-7-16-8-6-12/h3-4,9,12,16-18H,2,5-8,10-11H2,1H3. The van der Waals surface area contributed by atoms with E-state index in [1.54, 1.807) is 0 Å². The van der Waals surface area contributed by atoms with Crippen LogP contribution >= 0.6 is 0 Å². The van der Waals surface area contributed by atoms with Crippen molar-refractivity contribution in [1.29, 1.82) is 0 Å². The van der Waals surface area contributed by atoms with Gasteiger partial charge >= 0.3 is 0 Å². The Morgan fingerprint density at radius 1 is 1.37 bits per heavy atom. The van der Waals surface area contributed by atoms with Gasteiger partial charge in [0.05, 0.1) is 13.2 Å². The molecule has 19 heavy (non-hydrogen) atoms. The number of aliphatic hydroxyl groups is 1. The second kappa shape index (κ2) is 7.36. The lowest BCUT2D eigenvalue weighted by Crippen LogP contribution is -2.31. The summed E-state index contributed by atoms with van der Waals surface area (Å²) in [5.74, 6) is 1.52. The first kappa shape index (κ1) is 14.2. The Balaban J connectivity index is 1.92. The maximum Gasteiger partial charge on any atom is 0.124 e. The third-order valence-electron chi connectivity index (χ3n) is 3.58. The first-order chi connectivity index (χ1) is 9.33. The fourth-order valence-corrected chi connectivity index (χ4v) is 2.46. The Hall–Kier alpha value is -1.26. The van der Waals surface area contributed by atoms with E-state index >= 15 is 0 Å². The number of nitrogens with one attached hydrogen (secondary N) is 2. The lowest BCUT2D eigenvalue weighted by atomic mass is 9.98. The lowest BCUT2D eigenvalue weighted by molar-refractivity contribution is 0.267. The van der Waals surface area contributed by atoms with Crippen LogP contribution in [0.5, 0.6) is 5.75 Å². The van der Waals surface area contributed by atoms with Crippen LogP contribution in [0.15, 0.2) is 18.2 Å². The largest absolute Gasteiger partial charge is 0.494 e. The summed E-state index contributed by atoms with van der Waals surface area (Å²) in [5.41, 5.74) is 1.91. The molecule has 1 fully saturated rings. The van der Waals surface area contributed by atoms with Crippen molar-refractivity contribution in [2.24, 2.45) is 5.92 Å². The summed E-state index contributed by atoms with van der Waals surface area (Å²) in [6.45, 7) is 5.83. The molecule has 0 saturated carbocycles. The van der Waals surface area contributed by atoms with Crippen molar-refractivity contribution in [1.82, 2.24) is 5.32 Å². The van der Waals surface area contributed by atoms with E-state index in [4.69, 9.17) is 4.74 Å². The number of anilines is 1. The lowest BCUT2D eigenvalue weighted by Gasteiger charge is -2.23. The number of rotatable bonds is 6. The van der Waals surface area contributed by atoms with E-state index in [0.29, 0.717) is 6.61 Å². The van der Waals surface area contributed by atoms with Gasteiger partial charge in [0, 0.05) is 17.8 Å². The third-order valence-corrected chi connectivity index (χ3v) is 3.58. The van der Waals surface area contributed by atoms with Gasteiger partial charge in [-0.1, -0.05) is 0 Å². The number of ether oxygens (including phenoxy) is 1. The number of hydrogen-bond acceptors (Lipinski definition) is 4. The first-order valence-electron chi connectivity index (χ1n) is 7.14. The second-order valence-corrected chi connectivity index (χ2v) is 4.99. The predicted octanol–water partition coefficient (Wildman–Crippen LogP) is 1.99. The Bertz CT molecular complexity index is 390. The Kier molecular flexibility index (Phi) is 5.48. The molecule has 0 atom stereocenters. The molecule has 106 valence electrons. The Morgan fingerprint density at radius 2 is 2.16 bits per heavy atom. The molecule has 3 N–H and O–H groups in total. The van der Waals surface area contributed by atoms with Crippen molar-refractivity contribution in [2.75, 3.05) is 31.6 Å². The summed E-state index contributed by atoms with van der Waals surface area (Å²) in [6.07, 6.45) is 2.47. The monoisotopic (exact) mass is 264 g/mol. The van der Waals surface area contributed by atoms with Gasteiger partial charge in [-0.15, -0.1) is 0 Å². The van der Waals surface area contributed by atoms with E-state index in [0.717, 1.165) is 42.6 Å². The summed E-state index contributed by atoms with van der Waals surface area (Å²) in [6, 6.07) is 5.93. The van der Waals surface area contributed by atoms with Crippen molar-refractivity contribution in [3.8, 4) is 5.75 Å². The molecular weight excluding hydrogens is 240 g/mol. The molecule has 1 aromatic carbocycles. The van der Waals surface area contributed by atoms with Gasteiger partial charge in [-0.3, -0.25) is 0 Å². The number of aliphatic hydroxyl groups excluding tert-OH is 1. The van der Waals surface area contributed by atoms with E-state index < -0.39 is 0 Å². The van der Waals surface area contributed by atoms with Crippen LogP contribution in [-0.2, 0) is 6.61 Å². The normalized spacial score (nSPS) is 16.3. The highest BCUT2D eigenvalue weighted by molar-refractivity contribution is 5.51. The maximum absolute atomic E-state index is 9.37. The minimum Gasteiger partial charge on any atom is -0.494 e. The van der Waals surface area contributed by atoms with Crippen LogP contribution in [-0.4, -0.2) is 31.3 Å². The van der Waals surface area contributed by atoms with Crippen molar-refractivity contribution in [2.45, 2.75) is 26.4 Å². The van der Waals surface area contributed by atoms with Crippen LogP contribution in [0.2, 0.25) is 0 Å². The fraction of sp³-hybridized carbons (Fsp3) is 0.600. The van der Waals surface area contributed by atoms with Gasteiger partial charge in [0.1, 0.15) is 5.75 Å². The summed E-state index contributed by atoms with van der Waals surface area (Å²) in [7, 11) is 0. The highest BCUT2D eigenvalue weighted by Gasteiger charge is 2.12. The van der Waals surface area contributed by atoms with Gasteiger partial charge in [0.15, 0.2) is 0 Å². The molecule has 1 heterocycles. The average Bonchev–Trinajstić information content (AvgIpc) is 2.47. The van der Waals surface area contributed by atoms with E-state index in [-0.39, 0.29) is 6.61 Å². The van der Waals surface area contributed by atoms with Crippen molar-refractivity contribution in [3.63, 3.8) is 0 Å². The van der Waals surface area contributed by atoms with Crippen molar-refractivity contribution < 1.29 is 9.84 Å². The van der Waals surface area contributed by atoms with Crippen LogP contribution in [0.4, 0.5) is 5.69 Å². The molecule has 0 aromatic heterocycles. The van der Waals surface area contributed by atoms with Crippen molar-refractivity contribution >= 4 is 5.69 Å². The van der Waals surface area contributed by atoms with Gasteiger partial charge in [-0.05, 0) is 57.0 Å². The van der Waals surface area contributed by atoms with Gasteiger partial charge < -0.3 is 20.5 Å². The number of piperidine rings is 1. The maximum atomic E-state index is 9.37. The summed E-state index contributed by atoms with van der Waals surface area (Å²) in [5, 5.41) is 16.2.